The van der Waals surface area contributed by atoms with Crippen LogP contribution in [0.15, 0.2) is 24.3 Å². The number of piperidine rings is 1. The third kappa shape index (κ3) is 3.91. The van der Waals surface area contributed by atoms with Crippen LogP contribution in [0, 0.1) is 5.92 Å². The van der Waals surface area contributed by atoms with Crippen LogP contribution in [-0.4, -0.2) is 60.9 Å². The summed E-state index contributed by atoms with van der Waals surface area (Å²) in [7, 11) is 0. The molecule has 0 N–H and O–H groups in total. The molecule has 1 radical (unpaired) electrons. The van der Waals surface area contributed by atoms with Gasteiger partial charge in [-0.25, -0.2) is 5.32 Å². The van der Waals surface area contributed by atoms with Crippen LogP contribution >= 0.6 is 11.6 Å². The van der Waals surface area contributed by atoms with Crippen molar-refractivity contribution in [3.8, 4) is 0 Å². The van der Waals surface area contributed by atoms with Crippen LogP contribution in [0.3, 0.4) is 0 Å². The van der Waals surface area contributed by atoms with Crippen molar-refractivity contribution in [3.05, 3.63) is 34.9 Å². The molecule has 1 aromatic carbocycles. The molecule has 0 aromatic heterocycles. The molecule has 5 nitrogen and oxygen atoms in total. The van der Waals surface area contributed by atoms with Gasteiger partial charge in [0.15, 0.2) is 5.78 Å². The second-order valence-corrected chi connectivity index (χ2v) is 6.59. The Hall–Kier alpha value is -1.43. The fourth-order valence-electron chi connectivity index (χ4n) is 3.32. The van der Waals surface area contributed by atoms with Gasteiger partial charge < -0.3 is 4.90 Å². The lowest BCUT2D eigenvalue weighted by atomic mass is 9.87. The minimum Gasteiger partial charge on any atom is -0.343 e. The zero-order valence-corrected chi connectivity index (χ0v) is 13.8. The Morgan fingerprint density at radius 3 is 2.52 bits per heavy atom. The van der Waals surface area contributed by atoms with Crippen molar-refractivity contribution in [2.75, 3.05) is 32.7 Å². The predicted molar refractivity (Wildman–Crippen MR) is 88.5 cm³/mol. The fourth-order valence-corrected chi connectivity index (χ4v) is 3.45. The summed E-state index contributed by atoms with van der Waals surface area (Å²) in [6.45, 7) is 3.86. The molecule has 2 atom stereocenters. The lowest BCUT2D eigenvalue weighted by Crippen LogP contribution is -2.55. The molecule has 2 unspecified atom stereocenters. The second-order valence-electron chi connectivity index (χ2n) is 6.16. The van der Waals surface area contributed by atoms with Gasteiger partial charge in [-0.3, -0.25) is 14.5 Å². The van der Waals surface area contributed by atoms with Crippen molar-refractivity contribution in [2.45, 2.75) is 19.0 Å². The van der Waals surface area contributed by atoms with E-state index in [-0.39, 0.29) is 17.9 Å². The fraction of sp³-hybridized carbons (Fsp3) is 0.529. The number of carbonyl (C=O) groups is 2. The third-order valence-electron chi connectivity index (χ3n) is 4.73. The number of halogens is 1. The Kier molecular flexibility index (Phi) is 5.30. The van der Waals surface area contributed by atoms with E-state index in [1.165, 1.54) is 0 Å². The molecule has 2 heterocycles. The van der Waals surface area contributed by atoms with Gasteiger partial charge in [-0.2, -0.15) is 0 Å². The first-order chi connectivity index (χ1) is 11.2. The Morgan fingerprint density at radius 2 is 1.87 bits per heavy atom. The van der Waals surface area contributed by atoms with Gasteiger partial charge in [0.1, 0.15) is 0 Å². The average molecular weight is 335 g/mol. The predicted octanol–water partition coefficient (Wildman–Crippen LogP) is 1.64. The minimum atomic E-state index is 0.0165. The first-order valence-corrected chi connectivity index (χ1v) is 8.45. The zero-order chi connectivity index (χ0) is 16.2. The van der Waals surface area contributed by atoms with Gasteiger partial charge in [0.25, 0.3) is 0 Å². The maximum atomic E-state index is 12.7. The molecule has 0 saturated carbocycles. The summed E-state index contributed by atoms with van der Waals surface area (Å²) in [4.78, 5) is 27.6. The number of hydrogen-bond donors (Lipinski definition) is 0. The summed E-state index contributed by atoms with van der Waals surface area (Å²) in [6.07, 6.45) is 2.58. The molecule has 123 valence electrons. The lowest BCUT2D eigenvalue weighted by molar-refractivity contribution is -0.120. The highest BCUT2D eigenvalue weighted by molar-refractivity contribution is 6.30. The number of amides is 1. The SMILES string of the molecule is O=CN1CCN(C2CC(C(=O)c3ccc(Cl)cc3)CC[N]2)CC1. The summed E-state index contributed by atoms with van der Waals surface area (Å²) in [5.74, 6) is 0.205. The van der Waals surface area contributed by atoms with Crippen LogP contribution < -0.4 is 5.32 Å². The van der Waals surface area contributed by atoms with Crippen LogP contribution in [0.4, 0.5) is 0 Å². The maximum absolute atomic E-state index is 12.7. The van der Waals surface area contributed by atoms with Crippen molar-refractivity contribution in [2.24, 2.45) is 5.92 Å². The van der Waals surface area contributed by atoms with E-state index in [9.17, 15) is 9.59 Å². The standard InChI is InChI=1S/C17H21ClN3O2/c18-15-3-1-13(2-4-15)17(23)14-5-6-19-16(11-14)21-9-7-20(12-22)8-10-21/h1-4,12,14,16H,5-11H2. The highest BCUT2D eigenvalue weighted by Crippen LogP contribution is 2.25. The van der Waals surface area contributed by atoms with Crippen LogP contribution in [0.1, 0.15) is 23.2 Å². The molecular formula is C17H21ClN3O2. The van der Waals surface area contributed by atoms with Crippen molar-refractivity contribution in [3.63, 3.8) is 0 Å². The summed E-state index contributed by atoms with van der Waals surface area (Å²) in [6, 6.07) is 7.12. The topological polar surface area (TPSA) is 54.7 Å². The van der Waals surface area contributed by atoms with E-state index in [0.717, 1.165) is 57.5 Å². The first kappa shape index (κ1) is 16.4. The summed E-state index contributed by atoms with van der Waals surface area (Å²) < 4.78 is 0. The smallest absolute Gasteiger partial charge is 0.209 e. The van der Waals surface area contributed by atoms with Gasteiger partial charge in [0, 0.05) is 49.2 Å². The van der Waals surface area contributed by atoms with Gasteiger partial charge in [-0.1, -0.05) is 11.6 Å². The monoisotopic (exact) mass is 334 g/mol. The van der Waals surface area contributed by atoms with Gasteiger partial charge in [-0.05, 0) is 37.1 Å². The van der Waals surface area contributed by atoms with Gasteiger partial charge in [-0.15, -0.1) is 0 Å². The quantitative estimate of drug-likeness (QED) is 0.621. The summed E-state index contributed by atoms with van der Waals surface area (Å²) >= 11 is 5.89. The highest BCUT2D eigenvalue weighted by atomic mass is 35.5. The summed E-state index contributed by atoms with van der Waals surface area (Å²) in [5.41, 5.74) is 0.728. The van der Waals surface area contributed by atoms with E-state index in [0.29, 0.717) is 5.02 Å². The van der Waals surface area contributed by atoms with Crippen LogP contribution in [-0.2, 0) is 4.79 Å². The van der Waals surface area contributed by atoms with Gasteiger partial charge in [0.2, 0.25) is 6.41 Å². The molecule has 0 spiro atoms. The Labute approximate surface area is 141 Å². The third-order valence-corrected chi connectivity index (χ3v) is 4.98. The molecule has 2 aliphatic heterocycles. The molecule has 0 aliphatic carbocycles. The molecular weight excluding hydrogens is 314 g/mol. The lowest BCUT2D eigenvalue weighted by Gasteiger charge is -2.40. The van der Waals surface area contributed by atoms with E-state index in [1.54, 1.807) is 29.2 Å². The number of hydrogen-bond acceptors (Lipinski definition) is 3. The number of rotatable bonds is 4. The van der Waals surface area contributed by atoms with Crippen molar-refractivity contribution in [1.29, 1.82) is 0 Å². The Balaban J connectivity index is 1.60. The number of nitrogens with zero attached hydrogens (tertiary/aromatic N) is 3. The van der Waals surface area contributed by atoms with Crippen LogP contribution in [0.25, 0.3) is 0 Å². The molecule has 1 aromatic rings. The molecule has 2 saturated heterocycles. The Bertz CT molecular complexity index is 555. The second kappa shape index (κ2) is 7.43. The highest BCUT2D eigenvalue weighted by Gasteiger charge is 2.32. The number of carbonyl (C=O) groups excluding carboxylic acids is 2. The van der Waals surface area contributed by atoms with Gasteiger partial charge >= 0.3 is 0 Å². The number of ketones is 1. The molecule has 6 heteroatoms. The average Bonchev–Trinajstić information content (AvgIpc) is 2.62. The summed E-state index contributed by atoms with van der Waals surface area (Å²) in [5, 5.41) is 5.33. The first-order valence-electron chi connectivity index (χ1n) is 8.07. The maximum Gasteiger partial charge on any atom is 0.209 e. The van der Waals surface area contributed by atoms with Crippen molar-refractivity contribution >= 4 is 23.8 Å². The minimum absolute atomic E-state index is 0.0165. The van der Waals surface area contributed by atoms with E-state index in [4.69, 9.17) is 16.9 Å². The normalized spacial score (nSPS) is 26.0. The largest absolute Gasteiger partial charge is 0.343 e. The van der Waals surface area contributed by atoms with E-state index in [1.807, 2.05) is 0 Å². The number of benzene rings is 1. The number of Topliss-reactive ketones (excluding diaryl/α,β-unsaturated/α-hetero) is 1. The van der Waals surface area contributed by atoms with E-state index >= 15 is 0 Å². The van der Waals surface area contributed by atoms with Crippen molar-refractivity contribution in [1.82, 2.24) is 15.1 Å². The zero-order valence-electron chi connectivity index (χ0n) is 13.0. The molecule has 2 fully saturated rings. The molecule has 23 heavy (non-hydrogen) atoms. The van der Waals surface area contributed by atoms with E-state index < -0.39 is 0 Å². The number of piperazine rings is 1. The Morgan fingerprint density at radius 1 is 1.17 bits per heavy atom. The molecule has 0 bridgehead atoms. The molecule has 2 aliphatic rings. The van der Waals surface area contributed by atoms with Crippen LogP contribution in [0.2, 0.25) is 5.02 Å². The van der Waals surface area contributed by atoms with Crippen molar-refractivity contribution < 1.29 is 9.59 Å². The van der Waals surface area contributed by atoms with Gasteiger partial charge in [0.05, 0.1) is 6.17 Å². The van der Waals surface area contributed by atoms with E-state index in [2.05, 4.69) is 4.90 Å². The molecule has 1 amide bonds. The molecule has 3 rings (SSSR count). The van der Waals surface area contributed by atoms with Crippen LogP contribution in [0.5, 0.6) is 0 Å².